The second kappa shape index (κ2) is 7.31. The number of ether oxygens (including phenoxy) is 2. The van der Waals surface area contributed by atoms with Gasteiger partial charge in [-0.05, 0) is 45.2 Å². The quantitative estimate of drug-likeness (QED) is 0.770. The van der Waals surface area contributed by atoms with E-state index in [0.717, 1.165) is 17.1 Å². The summed E-state index contributed by atoms with van der Waals surface area (Å²) >= 11 is 0. The summed E-state index contributed by atoms with van der Waals surface area (Å²) in [6.45, 7) is 8.35. The highest BCUT2D eigenvalue weighted by molar-refractivity contribution is 5.78. The molecule has 0 aliphatic rings. The smallest absolute Gasteiger partial charge is 0.323 e. The summed E-state index contributed by atoms with van der Waals surface area (Å²) in [5, 5.41) is 9.19. The van der Waals surface area contributed by atoms with Gasteiger partial charge in [0.25, 0.3) is 0 Å². The van der Waals surface area contributed by atoms with Crippen LogP contribution in [0.4, 0.5) is 0 Å². The summed E-state index contributed by atoms with van der Waals surface area (Å²) in [6.07, 6.45) is 0.298. The maximum Gasteiger partial charge on any atom is 0.323 e. The van der Waals surface area contributed by atoms with Gasteiger partial charge in [-0.3, -0.25) is 4.79 Å². The minimum Gasteiger partial charge on any atom is -0.493 e. The van der Waals surface area contributed by atoms with Crippen LogP contribution in [0.3, 0.4) is 0 Å². The van der Waals surface area contributed by atoms with Crippen molar-refractivity contribution in [1.29, 1.82) is 0 Å². The Morgan fingerprint density at radius 2 is 1.76 bits per heavy atom. The van der Waals surface area contributed by atoms with Crippen molar-refractivity contribution in [2.45, 2.75) is 45.6 Å². The number of nitrogens with two attached hydrogens (primary N) is 1. The van der Waals surface area contributed by atoms with E-state index in [2.05, 4.69) is 0 Å². The van der Waals surface area contributed by atoms with E-state index >= 15 is 0 Å². The number of rotatable bonds is 8. The van der Waals surface area contributed by atoms with Gasteiger partial charge in [0, 0.05) is 5.56 Å². The van der Waals surface area contributed by atoms with E-state index in [-0.39, 0.29) is 5.92 Å². The highest BCUT2D eigenvalue weighted by Gasteiger charge is 2.32. The molecule has 118 valence electrons. The van der Waals surface area contributed by atoms with E-state index in [4.69, 9.17) is 15.2 Å². The number of hydrogen-bond acceptors (Lipinski definition) is 4. The fourth-order valence-electron chi connectivity index (χ4n) is 2.40. The molecule has 5 nitrogen and oxygen atoms in total. The lowest BCUT2D eigenvalue weighted by Gasteiger charge is -2.26. The Balaban J connectivity index is 3.15. The normalized spacial score (nSPS) is 15.1. The fraction of sp³-hybridized carbons (Fsp3) is 0.562. The highest BCUT2D eigenvalue weighted by atomic mass is 16.5. The number of carboxylic acids is 1. The van der Waals surface area contributed by atoms with Crippen molar-refractivity contribution >= 4 is 5.97 Å². The molecule has 0 aliphatic carbocycles. The molecule has 3 N–H and O–H groups in total. The zero-order valence-corrected chi connectivity index (χ0v) is 13.2. The predicted molar refractivity (Wildman–Crippen MR) is 82.0 cm³/mol. The third-order valence-corrected chi connectivity index (χ3v) is 3.34. The standard InChI is InChI=1S/C16H25NO4/c1-5-20-12-8-7-9-13(21-6-2)14(12)11(3)10-16(4,17)15(18)19/h7-9,11H,5-6,10,17H2,1-4H3,(H,18,19). The average molecular weight is 295 g/mol. The van der Waals surface area contributed by atoms with Gasteiger partial charge >= 0.3 is 5.97 Å². The molecule has 21 heavy (non-hydrogen) atoms. The van der Waals surface area contributed by atoms with Crippen LogP contribution in [0.15, 0.2) is 18.2 Å². The maximum atomic E-state index is 11.2. The lowest BCUT2D eigenvalue weighted by Crippen LogP contribution is -2.45. The van der Waals surface area contributed by atoms with Gasteiger partial charge in [0.15, 0.2) is 0 Å². The first kappa shape index (κ1) is 17.3. The average Bonchev–Trinajstić information content (AvgIpc) is 2.38. The fourth-order valence-corrected chi connectivity index (χ4v) is 2.40. The molecule has 2 unspecified atom stereocenters. The third-order valence-electron chi connectivity index (χ3n) is 3.34. The maximum absolute atomic E-state index is 11.2. The summed E-state index contributed by atoms with van der Waals surface area (Å²) in [5.41, 5.74) is 5.45. The van der Waals surface area contributed by atoms with Crippen LogP contribution < -0.4 is 15.2 Å². The molecule has 0 radical (unpaired) electrons. The predicted octanol–water partition coefficient (Wildman–Crippen LogP) is 2.78. The molecule has 1 aromatic rings. The third kappa shape index (κ3) is 4.36. The van der Waals surface area contributed by atoms with E-state index in [1.165, 1.54) is 6.92 Å². The number of carbonyl (C=O) groups is 1. The molecule has 0 saturated carbocycles. The molecule has 5 heteroatoms. The summed E-state index contributed by atoms with van der Waals surface area (Å²) in [5.74, 6) is 0.330. The van der Waals surface area contributed by atoms with E-state index in [1.807, 2.05) is 39.0 Å². The Hall–Kier alpha value is -1.75. The van der Waals surface area contributed by atoms with Gasteiger partial charge in [0.05, 0.1) is 13.2 Å². The van der Waals surface area contributed by atoms with Gasteiger partial charge in [-0.25, -0.2) is 0 Å². The van der Waals surface area contributed by atoms with Crippen molar-refractivity contribution in [3.05, 3.63) is 23.8 Å². The van der Waals surface area contributed by atoms with Crippen molar-refractivity contribution in [2.75, 3.05) is 13.2 Å². The molecule has 0 spiro atoms. The van der Waals surface area contributed by atoms with E-state index in [1.54, 1.807) is 0 Å². The lowest BCUT2D eigenvalue weighted by atomic mass is 9.85. The zero-order valence-electron chi connectivity index (χ0n) is 13.2. The SMILES string of the molecule is CCOc1cccc(OCC)c1C(C)CC(C)(N)C(=O)O. The number of benzene rings is 1. The largest absolute Gasteiger partial charge is 0.493 e. The first-order valence-electron chi connectivity index (χ1n) is 7.24. The molecule has 1 rings (SSSR count). The Kier molecular flexibility index (Phi) is 6.03. The van der Waals surface area contributed by atoms with Gasteiger partial charge in [-0.15, -0.1) is 0 Å². The van der Waals surface area contributed by atoms with Crippen LogP contribution in [0.5, 0.6) is 11.5 Å². The topological polar surface area (TPSA) is 81.8 Å². The first-order valence-corrected chi connectivity index (χ1v) is 7.24. The Morgan fingerprint density at radius 3 is 2.14 bits per heavy atom. The highest BCUT2D eigenvalue weighted by Crippen LogP contribution is 2.38. The van der Waals surface area contributed by atoms with Gasteiger partial charge in [0.1, 0.15) is 17.0 Å². The number of carboxylic acid groups (broad SMARTS) is 1. The molecule has 0 aliphatic heterocycles. The summed E-state index contributed by atoms with van der Waals surface area (Å²) in [4.78, 5) is 11.2. The molecular weight excluding hydrogens is 270 g/mol. The second-order valence-electron chi connectivity index (χ2n) is 5.36. The van der Waals surface area contributed by atoms with Crippen LogP contribution in [-0.2, 0) is 4.79 Å². The van der Waals surface area contributed by atoms with Crippen molar-refractivity contribution in [1.82, 2.24) is 0 Å². The van der Waals surface area contributed by atoms with Gasteiger partial charge in [-0.1, -0.05) is 13.0 Å². The molecule has 0 fully saturated rings. The Labute approximate surface area is 126 Å². The summed E-state index contributed by atoms with van der Waals surface area (Å²) < 4.78 is 11.3. The second-order valence-corrected chi connectivity index (χ2v) is 5.36. The minimum atomic E-state index is -1.29. The molecule has 2 atom stereocenters. The number of hydrogen-bond donors (Lipinski definition) is 2. The van der Waals surface area contributed by atoms with Crippen LogP contribution in [-0.4, -0.2) is 29.8 Å². The van der Waals surface area contributed by atoms with Crippen LogP contribution in [0, 0.1) is 0 Å². The minimum absolute atomic E-state index is 0.0969. The van der Waals surface area contributed by atoms with Gasteiger partial charge in [0.2, 0.25) is 0 Å². The van der Waals surface area contributed by atoms with E-state index in [9.17, 15) is 9.90 Å². The van der Waals surface area contributed by atoms with E-state index < -0.39 is 11.5 Å². The molecule has 0 saturated heterocycles. The first-order chi connectivity index (χ1) is 9.83. The summed E-state index contributed by atoms with van der Waals surface area (Å²) in [6, 6.07) is 5.60. The van der Waals surface area contributed by atoms with Crippen molar-refractivity contribution < 1.29 is 19.4 Å². The van der Waals surface area contributed by atoms with Crippen LogP contribution >= 0.6 is 0 Å². The van der Waals surface area contributed by atoms with Crippen LogP contribution in [0.25, 0.3) is 0 Å². The van der Waals surface area contributed by atoms with E-state index in [0.29, 0.717) is 19.6 Å². The van der Waals surface area contributed by atoms with Crippen LogP contribution in [0.1, 0.15) is 45.6 Å². The summed E-state index contributed by atoms with van der Waals surface area (Å²) in [7, 11) is 0. The van der Waals surface area contributed by atoms with Gasteiger partial charge in [-0.2, -0.15) is 0 Å². The van der Waals surface area contributed by atoms with Crippen molar-refractivity contribution in [3.63, 3.8) is 0 Å². The molecule has 0 heterocycles. The van der Waals surface area contributed by atoms with Crippen LogP contribution in [0.2, 0.25) is 0 Å². The molecular formula is C16H25NO4. The Morgan fingerprint density at radius 1 is 1.29 bits per heavy atom. The van der Waals surface area contributed by atoms with Crippen molar-refractivity contribution in [2.24, 2.45) is 5.73 Å². The van der Waals surface area contributed by atoms with Gasteiger partial charge < -0.3 is 20.3 Å². The molecule has 0 amide bonds. The zero-order chi connectivity index (χ0) is 16.0. The molecule has 0 bridgehead atoms. The monoisotopic (exact) mass is 295 g/mol. The molecule has 0 aromatic heterocycles. The Bertz CT molecular complexity index is 461. The van der Waals surface area contributed by atoms with Crippen molar-refractivity contribution in [3.8, 4) is 11.5 Å². The lowest BCUT2D eigenvalue weighted by molar-refractivity contribution is -0.143. The molecule has 1 aromatic carbocycles. The number of aliphatic carboxylic acids is 1.